The maximum absolute atomic E-state index is 4.27. The fraction of sp³-hybridized carbons (Fsp3) is 0.333. The van der Waals surface area contributed by atoms with Crippen LogP contribution in [0, 0.1) is 0 Å². The fourth-order valence-electron chi connectivity index (χ4n) is 1.83. The lowest BCUT2D eigenvalue weighted by molar-refractivity contribution is 0.620. The zero-order chi connectivity index (χ0) is 8.67. The zero-order valence-electron chi connectivity index (χ0n) is 7.20. The Hall–Kier alpha value is -1.42. The second-order valence-corrected chi connectivity index (χ2v) is 3.25. The largest absolute Gasteiger partial charge is 0.312 e. The van der Waals surface area contributed by atoms with E-state index in [4.69, 9.17) is 0 Å². The number of imidazole rings is 1. The molecule has 0 aromatic carbocycles. The van der Waals surface area contributed by atoms with E-state index in [0.29, 0.717) is 0 Å². The lowest BCUT2D eigenvalue weighted by Crippen LogP contribution is -2.25. The minimum Gasteiger partial charge on any atom is -0.312 e. The van der Waals surface area contributed by atoms with Gasteiger partial charge in [0, 0.05) is 49.4 Å². The number of nitrogens with zero attached hydrogens (tertiary/aromatic N) is 3. The van der Waals surface area contributed by atoms with Crippen molar-refractivity contribution in [1.82, 2.24) is 19.7 Å². The first-order chi connectivity index (χ1) is 6.45. The predicted molar refractivity (Wildman–Crippen MR) is 48.4 cm³/mol. The molecule has 3 rings (SSSR count). The van der Waals surface area contributed by atoms with Gasteiger partial charge in [0.2, 0.25) is 5.78 Å². The molecule has 0 fully saturated rings. The Morgan fingerprint density at radius 2 is 2.38 bits per heavy atom. The molecule has 0 atom stereocenters. The van der Waals surface area contributed by atoms with E-state index in [0.717, 1.165) is 25.3 Å². The van der Waals surface area contributed by atoms with Gasteiger partial charge in [0.25, 0.3) is 0 Å². The van der Waals surface area contributed by atoms with Crippen LogP contribution in [-0.2, 0) is 13.0 Å². The Morgan fingerprint density at radius 3 is 3.38 bits per heavy atom. The molecule has 0 saturated carbocycles. The normalized spacial score (nSPS) is 16.0. The van der Waals surface area contributed by atoms with E-state index in [-0.39, 0.29) is 0 Å². The van der Waals surface area contributed by atoms with Crippen LogP contribution in [0.15, 0.2) is 18.6 Å². The second kappa shape index (κ2) is 2.53. The summed E-state index contributed by atoms with van der Waals surface area (Å²) in [7, 11) is 0. The molecule has 3 heterocycles. The van der Waals surface area contributed by atoms with Gasteiger partial charge in [-0.3, -0.25) is 4.40 Å². The minimum atomic E-state index is 0.806. The van der Waals surface area contributed by atoms with Crippen LogP contribution in [0.3, 0.4) is 0 Å². The molecule has 0 saturated heterocycles. The van der Waals surface area contributed by atoms with Crippen LogP contribution in [0.1, 0.15) is 11.3 Å². The van der Waals surface area contributed by atoms with E-state index in [2.05, 4.69) is 19.7 Å². The highest BCUT2D eigenvalue weighted by atomic mass is 15.1. The Morgan fingerprint density at radius 1 is 1.38 bits per heavy atom. The van der Waals surface area contributed by atoms with Gasteiger partial charge in [-0.2, -0.15) is 0 Å². The third-order valence-corrected chi connectivity index (χ3v) is 2.47. The van der Waals surface area contributed by atoms with Crippen molar-refractivity contribution >= 4 is 5.78 Å². The molecule has 1 N–H and O–H groups in total. The quantitative estimate of drug-likeness (QED) is 0.627. The highest BCUT2D eigenvalue weighted by Gasteiger charge is 2.12. The molecule has 0 amide bonds. The predicted octanol–water partition coefficient (Wildman–Crippen LogP) is 0.375. The van der Waals surface area contributed by atoms with Crippen LogP contribution in [0.2, 0.25) is 0 Å². The molecule has 66 valence electrons. The lowest BCUT2D eigenvalue weighted by atomic mass is 10.1. The molecule has 4 nitrogen and oxygen atoms in total. The van der Waals surface area contributed by atoms with Gasteiger partial charge in [-0.15, -0.1) is 0 Å². The van der Waals surface area contributed by atoms with Gasteiger partial charge in [-0.05, 0) is 0 Å². The lowest BCUT2D eigenvalue weighted by Gasteiger charge is -2.17. The molecule has 1 aliphatic rings. The fourth-order valence-corrected chi connectivity index (χ4v) is 1.83. The van der Waals surface area contributed by atoms with Gasteiger partial charge >= 0.3 is 0 Å². The standard InChI is InChI=1S/C9H10N4/c1-2-10-5-7-6-12-9-11-3-4-13(9)8(1)7/h3-4,6,10H,1-2,5H2. The van der Waals surface area contributed by atoms with E-state index in [9.17, 15) is 0 Å². The molecule has 2 aromatic heterocycles. The summed E-state index contributed by atoms with van der Waals surface area (Å²) in [5.41, 5.74) is 2.64. The summed E-state index contributed by atoms with van der Waals surface area (Å²) in [6.45, 7) is 1.97. The molecule has 0 unspecified atom stereocenters. The molecule has 13 heavy (non-hydrogen) atoms. The molecule has 0 bridgehead atoms. The van der Waals surface area contributed by atoms with Crippen molar-refractivity contribution in [3.05, 3.63) is 29.8 Å². The minimum absolute atomic E-state index is 0.806. The molecule has 1 aliphatic heterocycles. The maximum Gasteiger partial charge on any atom is 0.233 e. The molecule has 0 radical (unpaired) electrons. The van der Waals surface area contributed by atoms with Crippen LogP contribution in [0.25, 0.3) is 5.78 Å². The first-order valence-corrected chi connectivity index (χ1v) is 4.46. The summed E-state index contributed by atoms with van der Waals surface area (Å²) in [6.07, 6.45) is 6.76. The Labute approximate surface area is 75.6 Å². The monoisotopic (exact) mass is 174 g/mol. The number of rotatable bonds is 0. The molecule has 0 aliphatic carbocycles. The third kappa shape index (κ3) is 0.954. The summed E-state index contributed by atoms with van der Waals surface area (Å²) in [5, 5.41) is 3.32. The van der Waals surface area contributed by atoms with Gasteiger partial charge < -0.3 is 5.32 Å². The number of hydrogen-bond acceptors (Lipinski definition) is 3. The van der Waals surface area contributed by atoms with Crippen molar-refractivity contribution in [2.24, 2.45) is 0 Å². The van der Waals surface area contributed by atoms with Crippen molar-refractivity contribution in [3.8, 4) is 0 Å². The summed E-state index contributed by atoms with van der Waals surface area (Å²) < 4.78 is 2.08. The van der Waals surface area contributed by atoms with E-state index >= 15 is 0 Å². The van der Waals surface area contributed by atoms with Crippen molar-refractivity contribution in [2.45, 2.75) is 13.0 Å². The molecule has 0 spiro atoms. The second-order valence-electron chi connectivity index (χ2n) is 3.25. The number of nitrogens with one attached hydrogen (secondary N) is 1. The molecular formula is C9H10N4. The van der Waals surface area contributed by atoms with Gasteiger partial charge in [-0.1, -0.05) is 0 Å². The Bertz CT molecular complexity index is 446. The summed E-state index contributed by atoms with van der Waals surface area (Å²) in [4.78, 5) is 8.42. The van der Waals surface area contributed by atoms with E-state index in [1.165, 1.54) is 11.3 Å². The van der Waals surface area contributed by atoms with Crippen LogP contribution in [-0.4, -0.2) is 20.9 Å². The summed E-state index contributed by atoms with van der Waals surface area (Å²) in [6, 6.07) is 0. The van der Waals surface area contributed by atoms with Gasteiger partial charge in [0.05, 0.1) is 0 Å². The first-order valence-electron chi connectivity index (χ1n) is 4.46. The third-order valence-electron chi connectivity index (χ3n) is 2.47. The highest BCUT2D eigenvalue weighted by molar-refractivity contribution is 5.35. The van der Waals surface area contributed by atoms with E-state index < -0.39 is 0 Å². The van der Waals surface area contributed by atoms with Crippen LogP contribution >= 0.6 is 0 Å². The molecule has 4 heteroatoms. The summed E-state index contributed by atoms with van der Waals surface area (Å²) in [5.74, 6) is 0.806. The topological polar surface area (TPSA) is 42.2 Å². The van der Waals surface area contributed by atoms with Crippen LogP contribution < -0.4 is 5.32 Å². The van der Waals surface area contributed by atoms with Crippen molar-refractivity contribution in [2.75, 3.05) is 6.54 Å². The highest BCUT2D eigenvalue weighted by Crippen LogP contribution is 2.13. The number of hydrogen-bond donors (Lipinski definition) is 1. The van der Waals surface area contributed by atoms with E-state index in [1.54, 1.807) is 6.20 Å². The van der Waals surface area contributed by atoms with Crippen LogP contribution in [0.4, 0.5) is 0 Å². The van der Waals surface area contributed by atoms with E-state index in [1.807, 2.05) is 12.4 Å². The average molecular weight is 174 g/mol. The Kier molecular flexibility index (Phi) is 1.37. The van der Waals surface area contributed by atoms with Crippen LogP contribution in [0.5, 0.6) is 0 Å². The van der Waals surface area contributed by atoms with Gasteiger partial charge in [-0.25, -0.2) is 9.97 Å². The smallest absolute Gasteiger partial charge is 0.233 e. The number of aromatic nitrogens is 3. The SMILES string of the molecule is c1cn2c3c(cnc2n1)CNCC3. The Balaban J connectivity index is 2.34. The van der Waals surface area contributed by atoms with Crippen molar-refractivity contribution in [1.29, 1.82) is 0 Å². The van der Waals surface area contributed by atoms with Crippen molar-refractivity contribution < 1.29 is 0 Å². The first kappa shape index (κ1) is 7.03. The number of fused-ring (bicyclic) bond motifs is 3. The van der Waals surface area contributed by atoms with Gasteiger partial charge in [0.15, 0.2) is 0 Å². The zero-order valence-corrected chi connectivity index (χ0v) is 7.20. The molecule has 2 aromatic rings. The molecular weight excluding hydrogens is 164 g/mol. The summed E-state index contributed by atoms with van der Waals surface area (Å²) >= 11 is 0. The van der Waals surface area contributed by atoms with Crippen molar-refractivity contribution in [3.63, 3.8) is 0 Å². The van der Waals surface area contributed by atoms with Gasteiger partial charge in [0.1, 0.15) is 0 Å². The maximum atomic E-state index is 4.27. The average Bonchev–Trinajstić information content (AvgIpc) is 2.65.